The van der Waals surface area contributed by atoms with Gasteiger partial charge < -0.3 is 14.8 Å². The first-order valence-electron chi connectivity index (χ1n) is 9.18. The summed E-state index contributed by atoms with van der Waals surface area (Å²) >= 11 is 1.24. The van der Waals surface area contributed by atoms with Crippen molar-refractivity contribution in [3.8, 4) is 16.3 Å². The molecule has 0 radical (unpaired) electrons. The smallest absolute Gasteiger partial charge is 0.350 e. The molecule has 0 spiro atoms. The summed E-state index contributed by atoms with van der Waals surface area (Å²) in [7, 11) is 1.60. The van der Waals surface area contributed by atoms with Gasteiger partial charge in [-0.2, -0.15) is 0 Å². The Morgan fingerprint density at radius 2 is 1.90 bits per heavy atom. The zero-order valence-corrected chi connectivity index (χ0v) is 17.3. The maximum atomic E-state index is 12.4. The van der Waals surface area contributed by atoms with Crippen molar-refractivity contribution in [2.24, 2.45) is 0 Å². The van der Waals surface area contributed by atoms with Crippen LogP contribution in [0.25, 0.3) is 10.6 Å². The maximum Gasteiger partial charge on any atom is 0.350 e. The molecule has 3 rings (SSSR count). The van der Waals surface area contributed by atoms with Gasteiger partial charge in [0.2, 0.25) is 0 Å². The normalized spacial score (nSPS) is 10.4. The molecule has 1 amide bonds. The molecule has 6 nitrogen and oxygen atoms in total. The molecule has 1 aromatic heterocycles. The predicted molar refractivity (Wildman–Crippen MR) is 114 cm³/mol. The number of carbonyl (C=O) groups excluding carboxylic acids is 2. The van der Waals surface area contributed by atoms with Gasteiger partial charge in [0.1, 0.15) is 15.6 Å². The summed E-state index contributed by atoms with van der Waals surface area (Å²) < 4.78 is 10.3. The van der Waals surface area contributed by atoms with Crippen molar-refractivity contribution in [1.29, 1.82) is 0 Å². The van der Waals surface area contributed by atoms with Crippen molar-refractivity contribution >= 4 is 28.9 Å². The molecular weight excluding hydrogens is 388 g/mol. The SMILES string of the molecule is CCc1cccc(NC(=O)COC(=O)c2sc(-c3ccc(OC)cc3)nc2C)c1. The minimum Gasteiger partial charge on any atom is -0.497 e. The molecule has 0 aliphatic rings. The highest BCUT2D eigenvalue weighted by molar-refractivity contribution is 7.17. The number of rotatable bonds is 7. The topological polar surface area (TPSA) is 77.5 Å². The summed E-state index contributed by atoms with van der Waals surface area (Å²) in [5.41, 5.74) is 3.25. The molecule has 0 aliphatic heterocycles. The monoisotopic (exact) mass is 410 g/mol. The van der Waals surface area contributed by atoms with Crippen LogP contribution in [0.1, 0.15) is 27.9 Å². The highest BCUT2D eigenvalue weighted by atomic mass is 32.1. The number of ether oxygens (including phenoxy) is 2. The number of hydrogen-bond acceptors (Lipinski definition) is 6. The number of anilines is 1. The highest BCUT2D eigenvalue weighted by Gasteiger charge is 2.19. The molecule has 3 aromatic rings. The Morgan fingerprint density at radius 1 is 1.14 bits per heavy atom. The number of aromatic nitrogens is 1. The number of thiazole rings is 1. The first-order valence-corrected chi connectivity index (χ1v) is 9.99. The number of aryl methyl sites for hydroxylation is 2. The molecule has 0 fully saturated rings. The summed E-state index contributed by atoms with van der Waals surface area (Å²) in [4.78, 5) is 29.4. The number of nitrogens with zero attached hydrogens (tertiary/aromatic N) is 1. The third-order valence-electron chi connectivity index (χ3n) is 4.27. The predicted octanol–water partition coefficient (Wildman–Crippen LogP) is 4.49. The highest BCUT2D eigenvalue weighted by Crippen LogP contribution is 2.29. The van der Waals surface area contributed by atoms with Crippen LogP contribution in [0.2, 0.25) is 0 Å². The summed E-state index contributed by atoms with van der Waals surface area (Å²) in [5, 5.41) is 3.45. The zero-order valence-electron chi connectivity index (χ0n) is 16.5. The second kappa shape index (κ2) is 9.34. The number of nitrogens with one attached hydrogen (secondary N) is 1. The summed E-state index contributed by atoms with van der Waals surface area (Å²) in [6.45, 7) is 3.43. The van der Waals surface area contributed by atoms with E-state index in [0.717, 1.165) is 23.3 Å². The van der Waals surface area contributed by atoms with Gasteiger partial charge in [-0.15, -0.1) is 11.3 Å². The van der Waals surface area contributed by atoms with Crippen LogP contribution in [0, 0.1) is 6.92 Å². The maximum absolute atomic E-state index is 12.4. The molecule has 0 atom stereocenters. The Morgan fingerprint density at radius 3 is 2.59 bits per heavy atom. The van der Waals surface area contributed by atoms with Crippen molar-refractivity contribution in [3.63, 3.8) is 0 Å². The number of hydrogen-bond donors (Lipinski definition) is 1. The van der Waals surface area contributed by atoms with E-state index >= 15 is 0 Å². The summed E-state index contributed by atoms with van der Waals surface area (Å²) in [6.07, 6.45) is 0.875. The second-order valence-electron chi connectivity index (χ2n) is 6.34. The van der Waals surface area contributed by atoms with E-state index < -0.39 is 5.97 Å². The first kappa shape index (κ1) is 20.5. The third kappa shape index (κ3) is 5.20. The minimum atomic E-state index is -0.558. The van der Waals surface area contributed by atoms with Crippen LogP contribution in [0.5, 0.6) is 5.75 Å². The molecule has 150 valence electrons. The van der Waals surface area contributed by atoms with Crippen molar-refractivity contribution in [1.82, 2.24) is 4.98 Å². The first-order chi connectivity index (χ1) is 14.0. The molecular formula is C22H22N2O4S. The lowest BCUT2D eigenvalue weighted by molar-refractivity contribution is -0.119. The molecule has 2 aromatic carbocycles. The van der Waals surface area contributed by atoms with Crippen LogP contribution in [-0.2, 0) is 16.0 Å². The minimum absolute atomic E-state index is 0.357. The van der Waals surface area contributed by atoms with Crippen LogP contribution in [0.3, 0.4) is 0 Å². The van der Waals surface area contributed by atoms with Gasteiger partial charge in [0.15, 0.2) is 6.61 Å². The molecule has 0 saturated carbocycles. The largest absolute Gasteiger partial charge is 0.497 e. The van der Waals surface area contributed by atoms with Gasteiger partial charge in [-0.3, -0.25) is 4.79 Å². The van der Waals surface area contributed by atoms with Crippen molar-refractivity contribution in [2.45, 2.75) is 20.3 Å². The summed E-state index contributed by atoms with van der Waals surface area (Å²) in [5.74, 6) is -0.196. The van der Waals surface area contributed by atoms with E-state index in [0.29, 0.717) is 21.3 Å². The van der Waals surface area contributed by atoms with Gasteiger partial charge in [0.05, 0.1) is 12.8 Å². The van der Waals surface area contributed by atoms with Gasteiger partial charge in [-0.1, -0.05) is 19.1 Å². The lowest BCUT2D eigenvalue weighted by Gasteiger charge is -2.07. The lowest BCUT2D eigenvalue weighted by atomic mass is 10.1. The quantitative estimate of drug-likeness (QED) is 0.581. The van der Waals surface area contributed by atoms with E-state index in [1.807, 2.05) is 49.4 Å². The van der Waals surface area contributed by atoms with Crippen molar-refractivity contribution in [2.75, 3.05) is 19.0 Å². The molecule has 0 aliphatic carbocycles. The van der Waals surface area contributed by atoms with Gasteiger partial charge in [0, 0.05) is 11.3 Å². The Labute approximate surface area is 173 Å². The van der Waals surface area contributed by atoms with Gasteiger partial charge in [-0.05, 0) is 55.3 Å². The Balaban J connectivity index is 1.61. The van der Waals surface area contributed by atoms with Gasteiger partial charge in [0.25, 0.3) is 5.91 Å². The van der Waals surface area contributed by atoms with Crippen molar-refractivity contribution in [3.05, 3.63) is 64.7 Å². The molecule has 29 heavy (non-hydrogen) atoms. The number of methoxy groups -OCH3 is 1. The second-order valence-corrected chi connectivity index (χ2v) is 7.34. The van der Waals surface area contributed by atoms with Crippen LogP contribution in [0.4, 0.5) is 5.69 Å². The average Bonchev–Trinajstić information content (AvgIpc) is 3.14. The molecule has 1 N–H and O–H groups in total. The molecule has 7 heteroatoms. The molecule has 1 heterocycles. The Bertz CT molecular complexity index is 1010. The lowest BCUT2D eigenvalue weighted by Crippen LogP contribution is -2.20. The van der Waals surface area contributed by atoms with E-state index in [1.54, 1.807) is 20.1 Å². The molecule has 0 bridgehead atoms. The van der Waals surface area contributed by atoms with Crippen LogP contribution in [-0.4, -0.2) is 30.6 Å². The Hall–Kier alpha value is -3.19. The van der Waals surface area contributed by atoms with Crippen LogP contribution in [0.15, 0.2) is 48.5 Å². The van der Waals surface area contributed by atoms with E-state index in [2.05, 4.69) is 10.3 Å². The zero-order chi connectivity index (χ0) is 20.8. The van der Waals surface area contributed by atoms with Crippen LogP contribution < -0.4 is 10.1 Å². The van der Waals surface area contributed by atoms with Crippen molar-refractivity contribution < 1.29 is 19.1 Å². The molecule has 0 saturated heterocycles. The number of benzene rings is 2. The van der Waals surface area contributed by atoms with E-state index in [4.69, 9.17) is 9.47 Å². The standard InChI is InChI=1S/C22H22N2O4S/c1-4-15-6-5-7-17(12-15)24-19(25)13-28-22(26)20-14(2)23-21(29-20)16-8-10-18(27-3)11-9-16/h5-12H,4,13H2,1-3H3,(H,24,25). The molecule has 0 unspecified atom stereocenters. The van der Waals surface area contributed by atoms with Crippen LogP contribution >= 0.6 is 11.3 Å². The fourth-order valence-corrected chi connectivity index (χ4v) is 3.67. The fourth-order valence-electron chi connectivity index (χ4n) is 2.71. The Kier molecular flexibility index (Phi) is 6.61. The van der Waals surface area contributed by atoms with E-state index in [9.17, 15) is 9.59 Å². The van der Waals surface area contributed by atoms with E-state index in [-0.39, 0.29) is 12.5 Å². The van der Waals surface area contributed by atoms with Gasteiger partial charge >= 0.3 is 5.97 Å². The summed E-state index contributed by atoms with van der Waals surface area (Å²) in [6, 6.07) is 15.0. The average molecular weight is 410 g/mol. The van der Waals surface area contributed by atoms with E-state index in [1.165, 1.54) is 11.3 Å². The number of amides is 1. The fraction of sp³-hybridized carbons (Fsp3) is 0.227. The number of carbonyl (C=O) groups is 2. The third-order valence-corrected chi connectivity index (χ3v) is 5.46. The van der Waals surface area contributed by atoms with Gasteiger partial charge in [-0.25, -0.2) is 9.78 Å². The number of esters is 1.